The van der Waals surface area contributed by atoms with Gasteiger partial charge in [0.05, 0.1) is 29.3 Å². The summed E-state index contributed by atoms with van der Waals surface area (Å²) in [4.78, 5) is 12.6. The van der Waals surface area contributed by atoms with Gasteiger partial charge in [0, 0.05) is 6.61 Å². The zero-order valence-electron chi connectivity index (χ0n) is 12.6. The molecule has 0 aromatic heterocycles. The molecule has 23 heavy (non-hydrogen) atoms. The van der Waals surface area contributed by atoms with Crippen molar-refractivity contribution >= 4 is 17.5 Å². The first kappa shape index (κ1) is 16.0. The monoisotopic (exact) mass is 331 g/mol. The highest BCUT2D eigenvalue weighted by Crippen LogP contribution is 2.26. The summed E-state index contributed by atoms with van der Waals surface area (Å²) in [5.74, 6) is -0.299. The predicted octanol–water partition coefficient (Wildman–Crippen LogP) is 2.89. The van der Waals surface area contributed by atoms with Crippen molar-refractivity contribution in [3.05, 3.63) is 59.1 Å². The molecule has 0 aliphatic carbocycles. The van der Waals surface area contributed by atoms with Gasteiger partial charge in [-0.3, -0.25) is 4.79 Å². The maximum Gasteiger partial charge on any atom is 0.253 e. The summed E-state index contributed by atoms with van der Waals surface area (Å²) >= 11 is 6.20. The molecule has 1 aliphatic rings. The third-order valence-corrected chi connectivity index (χ3v) is 4.43. The molecule has 0 radical (unpaired) electrons. The van der Waals surface area contributed by atoms with Crippen LogP contribution < -0.4 is 5.32 Å². The molecule has 4 nitrogen and oxygen atoms in total. The third-order valence-electron chi connectivity index (χ3n) is 4.10. The Bertz CT molecular complexity index is 697. The van der Waals surface area contributed by atoms with Crippen LogP contribution in [0.4, 0.5) is 0 Å². The molecule has 3 rings (SSSR count). The molecule has 1 heterocycles. The van der Waals surface area contributed by atoms with Crippen molar-refractivity contribution < 1.29 is 14.6 Å². The fourth-order valence-electron chi connectivity index (χ4n) is 2.69. The standard InChI is InChI=1S/C18H18ClNO3/c19-16-7-6-14(13-4-2-1-3-5-13)10-15(16)17(22)20-18(11-21)8-9-23-12-18/h1-7,10,21H,8-9,11-12H2,(H,20,22). The lowest BCUT2D eigenvalue weighted by molar-refractivity contribution is 0.0789. The Balaban J connectivity index is 1.88. The van der Waals surface area contributed by atoms with Crippen LogP contribution in [0.1, 0.15) is 16.8 Å². The van der Waals surface area contributed by atoms with Crippen LogP contribution in [0.2, 0.25) is 5.02 Å². The van der Waals surface area contributed by atoms with Crippen LogP contribution in [0.3, 0.4) is 0 Å². The Hall–Kier alpha value is -1.88. The number of aliphatic hydroxyl groups is 1. The van der Waals surface area contributed by atoms with E-state index in [2.05, 4.69) is 5.32 Å². The van der Waals surface area contributed by atoms with Gasteiger partial charge in [-0.25, -0.2) is 0 Å². The van der Waals surface area contributed by atoms with Gasteiger partial charge in [-0.1, -0.05) is 48.0 Å². The molecule has 1 amide bonds. The van der Waals surface area contributed by atoms with E-state index in [9.17, 15) is 9.90 Å². The zero-order valence-corrected chi connectivity index (χ0v) is 13.3. The molecule has 2 aromatic carbocycles. The lowest BCUT2D eigenvalue weighted by Gasteiger charge is -2.26. The van der Waals surface area contributed by atoms with Gasteiger partial charge in [0.1, 0.15) is 0 Å². The van der Waals surface area contributed by atoms with Gasteiger partial charge in [-0.2, -0.15) is 0 Å². The van der Waals surface area contributed by atoms with Crippen molar-refractivity contribution in [1.82, 2.24) is 5.32 Å². The second-order valence-electron chi connectivity index (χ2n) is 5.76. The minimum Gasteiger partial charge on any atom is -0.394 e. The molecule has 2 N–H and O–H groups in total. The predicted molar refractivity (Wildman–Crippen MR) is 89.6 cm³/mol. The fourth-order valence-corrected chi connectivity index (χ4v) is 2.89. The van der Waals surface area contributed by atoms with Crippen molar-refractivity contribution in [2.24, 2.45) is 0 Å². The second kappa shape index (κ2) is 6.71. The molecule has 2 aromatic rings. The molecule has 1 saturated heterocycles. The Morgan fingerprint density at radius 1 is 1.22 bits per heavy atom. The van der Waals surface area contributed by atoms with E-state index in [1.54, 1.807) is 12.1 Å². The van der Waals surface area contributed by atoms with E-state index in [1.807, 2.05) is 36.4 Å². The first-order chi connectivity index (χ1) is 11.1. The second-order valence-corrected chi connectivity index (χ2v) is 6.16. The van der Waals surface area contributed by atoms with E-state index >= 15 is 0 Å². The smallest absolute Gasteiger partial charge is 0.253 e. The molecular weight excluding hydrogens is 314 g/mol. The summed E-state index contributed by atoms with van der Waals surface area (Å²) < 4.78 is 5.30. The van der Waals surface area contributed by atoms with Crippen molar-refractivity contribution in [3.8, 4) is 11.1 Å². The summed E-state index contributed by atoms with van der Waals surface area (Å²) in [6, 6.07) is 15.2. The van der Waals surface area contributed by atoms with Crippen LogP contribution in [-0.4, -0.2) is 36.4 Å². The lowest BCUT2D eigenvalue weighted by atomic mass is 9.98. The molecule has 1 unspecified atom stereocenters. The van der Waals surface area contributed by atoms with Crippen LogP contribution in [0.25, 0.3) is 11.1 Å². The van der Waals surface area contributed by atoms with E-state index in [1.165, 1.54) is 0 Å². The van der Waals surface area contributed by atoms with Crippen LogP contribution in [-0.2, 0) is 4.74 Å². The minimum absolute atomic E-state index is 0.158. The van der Waals surface area contributed by atoms with E-state index in [4.69, 9.17) is 16.3 Å². The molecule has 1 fully saturated rings. The van der Waals surface area contributed by atoms with Gasteiger partial charge in [0.2, 0.25) is 0 Å². The average molecular weight is 332 g/mol. The molecule has 1 aliphatic heterocycles. The van der Waals surface area contributed by atoms with Crippen molar-refractivity contribution in [3.63, 3.8) is 0 Å². The molecule has 0 saturated carbocycles. The van der Waals surface area contributed by atoms with Crippen LogP contribution >= 0.6 is 11.6 Å². The summed E-state index contributed by atoms with van der Waals surface area (Å²) in [6.45, 7) is 0.679. The average Bonchev–Trinajstić information content (AvgIpc) is 3.05. The fraction of sp³-hybridized carbons (Fsp3) is 0.278. The largest absolute Gasteiger partial charge is 0.394 e. The third kappa shape index (κ3) is 3.39. The van der Waals surface area contributed by atoms with Gasteiger partial charge in [-0.15, -0.1) is 0 Å². The number of hydrogen-bond acceptors (Lipinski definition) is 3. The number of carbonyl (C=O) groups is 1. The number of halogens is 1. The zero-order chi connectivity index (χ0) is 16.3. The van der Waals surface area contributed by atoms with Crippen molar-refractivity contribution in [2.75, 3.05) is 19.8 Å². The molecule has 5 heteroatoms. The first-order valence-electron chi connectivity index (χ1n) is 7.50. The number of amides is 1. The Morgan fingerprint density at radius 3 is 2.65 bits per heavy atom. The lowest BCUT2D eigenvalue weighted by Crippen LogP contribution is -2.52. The van der Waals surface area contributed by atoms with Gasteiger partial charge < -0.3 is 15.2 Å². The Labute approximate surface area is 140 Å². The van der Waals surface area contributed by atoms with Gasteiger partial charge >= 0.3 is 0 Å². The van der Waals surface area contributed by atoms with Gasteiger partial charge in [0.25, 0.3) is 5.91 Å². The number of hydrogen-bond donors (Lipinski definition) is 2. The highest BCUT2D eigenvalue weighted by atomic mass is 35.5. The van der Waals surface area contributed by atoms with Crippen LogP contribution in [0.15, 0.2) is 48.5 Å². The maximum atomic E-state index is 12.6. The Morgan fingerprint density at radius 2 is 2.00 bits per heavy atom. The van der Waals surface area contributed by atoms with Crippen LogP contribution in [0, 0.1) is 0 Å². The van der Waals surface area contributed by atoms with Gasteiger partial charge in [-0.05, 0) is 29.7 Å². The SMILES string of the molecule is O=C(NC1(CO)CCOC1)c1cc(-c2ccccc2)ccc1Cl. The summed E-state index contributed by atoms with van der Waals surface area (Å²) in [5, 5.41) is 12.8. The quantitative estimate of drug-likeness (QED) is 0.905. The van der Waals surface area contributed by atoms with Crippen molar-refractivity contribution in [2.45, 2.75) is 12.0 Å². The molecule has 120 valence electrons. The van der Waals surface area contributed by atoms with Gasteiger partial charge in [0.15, 0.2) is 0 Å². The van der Waals surface area contributed by atoms with E-state index < -0.39 is 5.54 Å². The number of aliphatic hydroxyl groups excluding tert-OH is 1. The highest BCUT2D eigenvalue weighted by molar-refractivity contribution is 6.34. The summed E-state index contributed by atoms with van der Waals surface area (Å²) in [5.41, 5.74) is 1.61. The van der Waals surface area contributed by atoms with E-state index in [0.29, 0.717) is 30.2 Å². The summed E-state index contributed by atoms with van der Waals surface area (Å²) in [7, 11) is 0. The number of ether oxygens (including phenoxy) is 1. The molecule has 1 atom stereocenters. The topological polar surface area (TPSA) is 58.6 Å². The van der Waals surface area contributed by atoms with Crippen LogP contribution in [0.5, 0.6) is 0 Å². The Kier molecular flexibility index (Phi) is 4.66. The van der Waals surface area contributed by atoms with Crippen molar-refractivity contribution in [1.29, 1.82) is 0 Å². The normalized spacial score (nSPS) is 20.4. The molecular formula is C18H18ClNO3. The number of benzene rings is 2. The number of carbonyl (C=O) groups excluding carboxylic acids is 1. The van der Waals surface area contributed by atoms with E-state index in [-0.39, 0.29) is 12.5 Å². The highest BCUT2D eigenvalue weighted by Gasteiger charge is 2.36. The number of rotatable bonds is 4. The first-order valence-corrected chi connectivity index (χ1v) is 7.87. The number of nitrogens with one attached hydrogen (secondary N) is 1. The molecule has 0 spiro atoms. The minimum atomic E-state index is -0.719. The molecule has 0 bridgehead atoms. The maximum absolute atomic E-state index is 12.6. The van der Waals surface area contributed by atoms with E-state index in [0.717, 1.165) is 11.1 Å². The summed E-state index contributed by atoms with van der Waals surface area (Å²) in [6.07, 6.45) is 0.589.